The lowest BCUT2D eigenvalue weighted by Crippen LogP contribution is -2.14. The molecule has 2 rings (SSSR count). The molecule has 0 aliphatic heterocycles. The molecular formula is C13H17N3O2. The van der Waals surface area contributed by atoms with Crippen LogP contribution in [0.15, 0.2) is 34.9 Å². The molecule has 1 aromatic carbocycles. The van der Waals surface area contributed by atoms with Crippen molar-refractivity contribution in [1.82, 2.24) is 10.1 Å². The SMILES string of the molecule is COC(CN)c1nc(CCc2ccccc2)no1. The fraction of sp³-hybridized carbons (Fsp3) is 0.385. The summed E-state index contributed by atoms with van der Waals surface area (Å²) in [7, 11) is 1.57. The molecule has 18 heavy (non-hydrogen) atoms. The summed E-state index contributed by atoms with van der Waals surface area (Å²) < 4.78 is 10.3. The average Bonchev–Trinajstić information content (AvgIpc) is 2.88. The van der Waals surface area contributed by atoms with Gasteiger partial charge in [-0.2, -0.15) is 4.98 Å². The Kier molecular flexibility index (Phi) is 4.44. The highest BCUT2D eigenvalue weighted by Crippen LogP contribution is 2.13. The zero-order valence-electron chi connectivity index (χ0n) is 10.4. The Hall–Kier alpha value is -1.72. The number of hydrogen-bond donors (Lipinski definition) is 1. The molecule has 0 aliphatic rings. The zero-order chi connectivity index (χ0) is 12.8. The Morgan fingerprint density at radius 1 is 1.28 bits per heavy atom. The van der Waals surface area contributed by atoms with Gasteiger partial charge in [0, 0.05) is 20.1 Å². The van der Waals surface area contributed by atoms with Crippen LogP contribution < -0.4 is 5.73 Å². The molecule has 5 nitrogen and oxygen atoms in total. The van der Waals surface area contributed by atoms with Crippen molar-refractivity contribution < 1.29 is 9.26 Å². The van der Waals surface area contributed by atoms with Gasteiger partial charge < -0.3 is 15.0 Å². The Bertz CT molecular complexity index is 466. The second kappa shape index (κ2) is 6.28. The minimum atomic E-state index is -0.317. The Morgan fingerprint density at radius 3 is 2.72 bits per heavy atom. The largest absolute Gasteiger partial charge is 0.370 e. The lowest BCUT2D eigenvalue weighted by Gasteiger charge is -2.05. The molecule has 1 heterocycles. The summed E-state index contributed by atoms with van der Waals surface area (Å²) in [4.78, 5) is 4.28. The molecule has 0 spiro atoms. The van der Waals surface area contributed by atoms with E-state index in [4.69, 9.17) is 15.0 Å². The van der Waals surface area contributed by atoms with Crippen LogP contribution in [-0.4, -0.2) is 23.8 Å². The molecule has 1 unspecified atom stereocenters. The van der Waals surface area contributed by atoms with Gasteiger partial charge in [-0.15, -0.1) is 0 Å². The number of methoxy groups -OCH3 is 1. The molecule has 2 aromatic rings. The highest BCUT2D eigenvalue weighted by Gasteiger charge is 2.16. The molecule has 0 aliphatic carbocycles. The van der Waals surface area contributed by atoms with Crippen molar-refractivity contribution in [2.45, 2.75) is 18.9 Å². The molecule has 1 atom stereocenters. The number of aromatic nitrogens is 2. The topological polar surface area (TPSA) is 74.2 Å². The van der Waals surface area contributed by atoms with E-state index < -0.39 is 0 Å². The quantitative estimate of drug-likeness (QED) is 0.837. The number of ether oxygens (including phenoxy) is 1. The maximum Gasteiger partial charge on any atom is 0.257 e. The van der Waals surface area contributed by atoms with Gasteiger partial charge in [0.25, 0.3) is 5.89 Å². The Labute approximate surface area is 106 Å². The molecular weight excluding hydrogens is 230 g/mol. The van der Waals surface area contributed by atoms with Crippen LogP contribution in [0.3, 0.4) is 0 Å². The average molecular weight is 247 g/mol. The third-order valence-corrected chi connectivity index (χ3v) is 2.74. The molecule has 5 heteroatoms. The van der Waals surface area contributed by atoms with Gasteiger partial charge >= 0.3 is 0 Å². The first-order chi connectivity index (χ1) is 8.83. The van der Waals surface area contributed by atoms with Crippen LogP contribution in [0.5, 0.6) is 0 Å². The molecule has 96 valence electrons. The van der Waals surface area contributed by atoms with Crippen molar-refractivity contribution in [3.05, 3.63) is 47.6 Å². The maximum absolute atomic E-state index is 5.54. The van der Waals surface area contributed by atoms with Crippen LogP contribution in [0.25, 0.3) is 0 Å². The minimum absolute atomic E-state index is 0.317. The second-order valence-electron chi connectivity index (χ2n) is 3.99. The summed E-state index contributed by atoms with van der Waals surface area (Å²) in [6, 6.07) is 10.2. The standard InChI is InChI=1S/C13H17N3O2/c1-17-11(9-14)13-15-12(16-18-13)8-7-10-5-3-2-4-6-10/h2-6,11H,7-9,14H2,1H3. The van der Waals surface area contributed by atoms with Crippen LogP contribution in [-0.2, 0) is 17.6 Å². The second-order valence-corrected chi connectivity index (χ2v) is 3.99. The highest BCUT2D eigenvalue weighted by atomic mass is 16.5. The van der Waals surface area contributed by atoms with Gasteiger partial charge in [0.15, 0.2) is 5.82 Å². The minimum Gasteiger partial charge on any atom is -0.370 e. The van der Waals surface area contributed by atoms with E-state index in [1.807, 2.05) is 18.2 Å². The van der Waals surface area contributed by atoms with E-state index in [-0.39, 0.29) is 6.10 Å². The van der Waals surface area contributed by atoms with Gasteiger partial charge in [-0.05, 0) is 12.0 Å². The zero-order valence-corrected chi connectivity index (χ0v) is 10.4. The molecule has 0 fully saturated rings. The molecule has 2 N–H and O–H groups in total. The van der Waals surface area contributed by atoms with Crippen molar-refractivity contribution in [1.29, 1.82) is 0 Å². The van der Waals surface area contributed by atoms with Crippen LogP contribution >= 0.6 is 0 Å². The summed E-state index contributed by atoms with van der Waals surface area (Å²) >= 11 is 0. The van der Waals surface area contributed by atoms with Gasteiger partial charge in [-0.1, -0.05) is 35.5 Å². The van der Waals surface area contributed by atoms with E-state index in [0.29, 0.717) is 18.3 Å². The molecule has 0 saturated carbocycles. The van der Waals surface area contributed by atoms with E-state index >= 15 is 0 Å². The number of nitrogens with two attached hydrogens (primary N) is 1. The van der Waals surface area contributed by atoms with Crippen molar-refractivity contribution >= 4 is 0 Å². The summed E-state index contributed by atoms with van der Waals surface area (Å²) in [6.07, 6.45) is 1.32. The fourth-order valence-corrected chi connectivity index (χ4v) is 1.70. The van der Waals surface area contributed by atoms with E-state index in [9.17, 15) is 0 Å². The maximum atomic E-state index is 5.54. The normalized spacial score (nSPS) is 12.6. The van der Waals surface area contributed by atoms with E-state index in [0.717, 1.165) is 12.8 Å². The van der Waals surface area contributed by atoms with E-state index in [1.165, 1.54) is 5.56 Å². The number of rotatable bonds is 6. The van der Waals surface area contributed by atoms with Crippen molar-refractivity contribution in [3.63, 3.8) is 0 Å². The van der Waals surface area contributed by atoms with Gasteiger partial charge in [0.05, 0.1) is 0 Å². The summed E-state index contributed by atoms with van der Waals surface area (Å²) in [5.41, 5.74) is 6.79. The third kappa shape index (κ3) is 3.15. The summed E-state index contributed by atoms with van der Waals surface area (Å²) in [5, 5.41) is 3.93. The van der Waals surface area contributed by atoms with Crippen LogP contribution in [0.4, 0.5) is 0 Å². The lowest BCUT2D eigenvalue weighted by molar-refractivity contribution is 0.0804. The number of hydrogen-bond acceptors (Lipinski definition) is 5. The first-order valence-electron chi connectivity index (χ1n) is 5.92. The molecule has 0 saturated heterocycles. The number of benzene rings is 1. The number of nitrogens with zero attached hydrogens (tertiary/aromatic N) is 2. The molecule has 0 bridgehead atoms. The van der Waals surface area contributed by atoms with Crippen molar-refractivity contribution in [2.24, 2.45) is 5.73 Å². The first-order valence-corrected chi connectivity index (χ1v) is 5.92. The molecule has 0 amide bonds. The van der Waals surface area contributed by atoms with E-state index in [2.05, 4.69) is 22.3 Å². The molecule has 1 aromatic heterocycles. The molecule has 0 radical (unpaired) electrons. The predicted octanol–water partition coefficient (Wildman–Crippen LogP) is 1.50. The van der Waals surface area contributed by atoms with Gasteiger partial charge in [-0.3, -0.25) is 0 Å². The van der Waals surface area contributed by atoms with Crippen LogP contribution in [0.2, 0.25) is 0 Å². The van der Waals surface area contributed by atoms with Crippen LogP contribution in [0.1, 0.15) is 23.4 Å². The fourth-order valence-electron chi connectivity index (χ4n) is 1.70. The third-order valence-electron chi connectivity index (χ3n) is 2.74. The van der Waals surface area contributed by atoms with Crippen LogP contribution in [0, 0.1) is 0 Å². The van der Waals surface area contributed by atoms with Gasteiger partial charge in [0.1, 0.15) is 6.10 Å². The smallest absolute Gasteiger partial charge is 0.257 e. The monoisotopic (exact) mass is 247 g/mol. The predicted molar refractivity (Wildman–Crippen MR) is 67.0 cm³/mol. The lowest BCUT2D eigenvalue weighted by atomic mass is 10.1. The Balaban J connectivity index is 1.95. The van der Waals surface area contributed by atoms with Crippen molar-refractivity contribution in [2.75, 3.05) is 13.7 Å². The van der Waals surface area contributed by atoms with E-state index in [1.54, 1.807) is 7.11 Å². The summed E-state index contributed by atoms with van der Waals surface area (Å²) in [6.45, 7) is 0.330. The van der Waals surface area contributed by atoms with Crippen molar-refractivity contribution in [3.8, 4) is 0 Å². The highest BCUT2D eigenvalue weighted by molar-refractivity contribution is 5.15. The Morgan fingerprint density at radius 2 is 2.06 bits per heavy atom. The van der Waals surface area contributed by atoms with Gasteiger partial charge in [0.2, 0.25) is 0 Å². The number of aryl methyl sites for hydroxylation is 2. The first kappa shape index (κ1) is 12.7. The van der Waals surface area contributed by atoms with Gasteiger partial charge in [-0.25, -0.2) is 0 Å². The summed E-state index contributed by atoms with van der Waals surface area (Å²) in [5.74, 6) is 1.13.